The van der Waals surface area contributed by atoms with E-state index in [1.165, 1.54) is 0 Å². The second-order valence-electron chi connectivity index (χ2n) is 6.23. The Labute approximate surface area is 154 Å². The molecule has 3 aromatic carbocycles. The molecule has 0 spiro atoms. The maximum absolute atomic E-state index is 12.9. The lowest BCUT2D eigenvalue weighted by atomic mass is 10.0. The van der Waals surface area contributed by atoms with Crippen molar-refractivity contribution in [2.45, 2.75) is 12.5 Å². The number of fused-ring (bicyclic) bond motifs is 3. The van der Waals surface area contributed by atoms with Crippen LogP contribution in [0, 0.1) is 0 Å². The van der Waals surface area contributed by atoms with Gasteiger partial charge in [-0.2, -0.15) is 0 Å². The Morgan fingerprint density at radius 1 is 1.00 bits per heavy atom. The Hall–Kier alpha value is -2.89. The third-order valence-corrected chi connectivity index (χ3v) is 4.50. The van der Waals surface area contributed by atoms with Crippen LogP contribution in [-0.4, -0.2) is 22.1 Å². The number of rotatable bonds is 3. The summed E-state index contributed by atoms with van der Waals surface area (Å²) in [5.74, 6) is -1.06. The lowest BCUT2D eigenvalue weighted by Crippen LogP contribution is -2.32. The number of hydrogen-bond donors (Lipinski definition) is 3. The van der Waals surface area contributed by atoms with Gasteiger partial charge in [-0.1, -0.05) is 30.3 Å². The van der Waals surface area contributed by atoms with Crippen LogP contribution in [-0.2, 0) is 11.2 Å². The Kier molecular flexibility index (Phi) is 4.68. The fourth-order valence-corrected chi connectivity index (χ4v) is 3.18. The zero-order valence-electron chi connectivity index (χ0n) is 13.7. The molecule has 0 unspecified atom stereocenters. The number of nitrogens with two attached hydrogens (primary N) is 1. The van der Waals surface area contributed by atoms with Gasteiger partial charge in [-0.05, 0) is 47.0 Å². The van der Waals surface area contributed by atoms with Crippen LogP contribution in [0.1, 0.15) is 5.56 Å². The highest BCUT2D eigenvalue weighted by atomic mass is 35.5. The van der Waals surface area contributed by atoms with Gasteiger partial charge in [0.05, 0.1) is 5.52 Å². The van der Waals surface area contributed by atoms with E-state index in [0.717, 1.165) is 27.4 Å². The first-order chi connectivity index (χ1) is 12.0. The molecule has 5 nitrogen and oxygen atoms in total. The Balaban J connectivity index is 0.00000196. The van der Waals surface area contributed by atoms with E-state index in [9.17, 15) is 9.59 Å². The quantitative estimate of drug-likeness (QED) is 0.484. The van der Waals surface area contributed by atoms with E-state index in [2.05, 4.69) is 4.98 Å². The number of pyridine rings is 1. The molecule has 132 valence electrons. The summed E-state index contributed by atoms with van der Waals surface area (Å²) in [6.45, 7) is 0. The molecular weight excluding hydrogens is 352 g/mol. The average molecular weight is 369 g/mol. The summed E-state index contributed by atoms with van der Waals surface area (Å²) < 4.78 is 0. The standard InChI is InChI=1S/C20H16N2O3.ClH/c21-16(20(24)25)8-11-5-6-17-14(7-11)19(23)15-9-12-3-1-2-4-13(12)10-18(15)22-17;/h1-7,9-10,16H,8,21H2,(H,22,23)(H,24,25);1H/t16-;/m0./s1. The molecule has 1 atom stereocenters. The fraction of sp³-hybridized carbons (Fsp3) is 0.100. The summed E-state index contributed by atoms with van der Waals surface area (Å²) in [7, 11) is 0. The lowest BCUT2D eigenvalue weighted by Gasteiger charge is -2.09. The van der Waals surface area contributed by atoms with E-state index in [0.29, 0.717) is 10.8 Å². The lowest BCUT2D eigenvalue weighted by molar-refractivity contribution is -0.138. The minimum Gasteiger partial charge on any atom is -0.480 e. The van der Waals surface area contributed by atoms with E-state index in [-0.39, 0.29) is 24.3 Å². The first-order valence-electron chi connectivity index (χ1n) is 7.99. The summed E-state index contributed by atoms with van der Waals surface area (Å²) >= 11 is 0. The third-order valence-electron chi connectivity index (χ3n) is 4.50. The average Bonchev–Trinajstić information content (AvgIpc) is 2.61. The van der Waals surface area contributed by atoms with Crippen molar-refractivity contribution in [2.75, 3.05) is 0 Å². The third kappa shape index (κ3) is 3.03. The molecule has 0 fully saturated rings. The Morgan fingerprint density at radius 3 is 2.35 bits per heavy atom. The highest BCUT2D eigenvalue weighted by Crippen LogP contribution is 2.22. The van der Waals surface area contributed by atoms with Gasteiger partial charge in [-0.25, -0.2) is 0 Å². The number of H-pyrrole nitrogens is 1. The van der Waals surface area contributed by atoms with Crippen molar-refractivity contribution in [2.24, 2.45) is 5.73 Å². The van der Waals surface area contributed by atoms with E-state index in [1.54, 1.807) is 18.2 Å². The first-order valence-corrected chi connectivity index (χ1v) is 7.99. The molecule has 6 heteroatoms. The van der Waals surface area contributed by atoms with Gasteiger partial charge in [0.1, 0.15) is 6.04 Å². The van der Waals surface area contributed by atoms with Gasteiger partial charge in [0, 0.05) is 16.3 Å². The second-order valence-corrected chi connectivity index (χ2v) is 6.23. The maximum Gasteiger partial charge on any atom is 0.320 e. The number of aliphatic carboxylic acids is 1. The van der Waals surface area contributed by atoms with E-state index in [4.69, 9.17) is 10.8 Å². The molecule has 4 N–H and O–H groups in total. The molecule has 0 aliphatic carbocycles. The number of benzene rings is 3. The predicted molar refractivity (Wildman–Crippen MR) is 106 cm³/mol. The van der Waals surface area contributed by atoms with Gasteiger partial charge in [0.25, 0.3) is 0 Å². The number of carboxylic acids is 1. The topological polar surface area (TPSA) is 96.2 Å². The molecule has 26 heavy (non-hydrogen) atoms. The SMILES string of the molecule is Cl.N[C@@H](Cc1ccc2[nH]c3cc4ccccc4cc3c(=O)c2c1)C(=O)O. The first kappa shape index (κ1) is 17.9. The van der Waals surface area contributed by atoms with Crippen LogP contribution in [0.25, 0.3) is 32.6 Å². The van der Waals surface area contributed by atoms with Crippen LogP contribution in [0.5, 0.6) is 0 Å². The summed E-state index contributed by atoms with van der Waals surface area (Å²) in [5, 5.41) is 12.2. The molecule has 0 amide bonds. The van der Waals surface area contributed by atoms with Crippen molar-refractivity contribution in [3.8, 4) is 0 Å². The van der Waals surface area contributed by atoms with Gasteiger partial charge in [-0.3, -0.25) is 9.59 Å². The van der Waals surface area contributed by atoms with Crippen LogP contribution in [0.3, 0.4) is 0 Å². The van der Waals surface area contributed by atoms with Gasteiger partial charge < -0.3 is 15.8 Å². The Bertz CT molecular complexity index is 1200. The molecule has 4 aromatic rings. The molecule has 0 aliphatic rings. The second kappa shape index (κ2) is 6.78. The van der Waals surface area contributed by atoms with Crippen LogP contribution in [0.2, 0.25) is 0 Å². The number of carbonyl (C=O) groups is 1. The number of nitrogens with one attached hydrogen (secondary N) is 1. The summed E-state index contributed by atoms with van der Waals surface area (Å²) in [6.07, 6.45) is 0.181. The van der Waals surface area contributed by atoms with Crippen LogP contribution in [0.4, 0.5) is 0 Å². The summed E-state index contributed by atoms with van der Waals surface area (Å²) in [5.41, 5.74) is 7.76. The molecule has 0 bridgehead atoms. The molecule has 0 aliphatic heterocycles. The Morgan fingerprint density at radius 2 is 1.65 bits per heavy atom. The molecular formula is C20H17ClN2O3. The zero-order chi connectivity index (χ0) is 17.6. The van der Waals surface area contributed by atoms with Crippen LogP contribution in [0.15, 0.2) is 59.4 Å². The highest BCUT2D eigenvalue weighted by molar-refractivity contribution is 6.00. The monoisotopic (exact) mass is 368 g/mol. The maximum atomic E-state index is 12.9. The minimum atomic E-state index is -1.06. The molecule has 0 saturated heterocycles. The van der Waals surface area contributed by atoms with Crippen molar-refractivity contribution in [1.82, 2.24) is 4.98 Å². The van der Waals surface area contributed by atoms with Crippen LogP contribution >= 0.6 is 12.4 Å². The highest BCUT2D eigenvalue weighted by Gasteiger charge is 2.13. The zero-order valence-corrected chi connectivity index (χ0v) is 14.5. The number of aromatic amines is 1. The van der Waals surface area contributed by atoms with Crippen molar-refractivity contribution in [3.05, 3.63) is 70.4 Å². The minimum absolute atomic E-state index is 0. The van der Waals surface area contributed by atoms with Gasteiger partial charge in [0.2, 0.25) is 0 Å². The molecule has 0 saturated carbocycles. The van der Waals surface area contributed by atoms with Crippen molar-refractivity contribution >= 4 is 51.0 Å². The van der Waals surface area contributed by atoms with Crippen molar-refractivity contribution < 1.29 is 9.90 Å². The fourth-order valence-electron chi connectivity index (χ4n) is 3.18. The largest absolute Gasteiger partial charge is 0.480 e. The van der Waals surface area contributed by atoms with E-state index < -0.39 is 12.0 Å². The molecule has 1 aromatic heterocycles. The van der Waals surface area contributed by atoms with Crippen LogP contribution < -0.4 is 11.2 Å². The van der Waals surface area contributed by atoms with Crippen molar-refractivity contribution in [1.29, 1.82) is 0 Å². The number of hydrogen-bond acceptors (Lipinski definition) is 3. The number of halogens is 1. The number of carboxylic acid groups (broad SMARTS) is 1. The van der Waals surface area contributed by atoms with E-state index in [1.807, 2.05) is 36.4 Å². The van der Waals surface area contributed by atoms with E-state index >= 15 is 0 Å². The molecule has 1 heterocycles. The normalized spacial score (nSPS) is 12.2. The molecule has 0 radical (unpaired) electrons. The molecule has 4 rings (SSSR count). The predicted octanol–water partition coefficient (Wildman–Crippen LogP) is 3.21. The number of aromatic nitrogens is 1. The van der Waals surface area contributed by atoms with Gasteiger partial charge in [-0.15, -0.1) is 12.4 Å². The smallest absolute Gasteiger partial charge is 0.320 e. The van der Waals surface area contributed by atoms with Gasteiger partial charge in [0.15, 0.2) is 5.43 Å². The summed E-state index contributed by atoms with van der Waals surface area (Å²) in [6, 6.07) is 16.1. The van der Waals surface area contributed by atoms with Crippen molar-refractivity contribution in [3.63, 3.8) is 0 Å². The van der Waals surface area contributed by atoms with Gasteiger partial charge >= 0.3 is 5.97 Å². The summed E-state index contributed by atoms with van der Waals surface area (Å²) in [4.78, 5) is 27.2.